The van der Waals surface area contributed by atoms with Gasteiger partial charge in [0.15, 0.2) is 23.9 Å². The number of phosphoric acid groups is 2. The zero-order valence-electron chi connectivity index (χ0n) is 21.8. The van der Waals surface area contributed by atoms with Crippen LogP contribution in [0.1, 0.15) is 12.5 Å². The highest BCUT2D eigenvalue weighted by molar-refractivity contribution is 7.47. The van der Waals surface area contributed by atoms with Gasteiger partial charge < -0.3 is 39.8 Å². The maximum Gasteiger partial charge on any atom is 0.472 e. The number of para-hydroxylation sites is 2. The average molecular weight is 641 g/mol. The highest BCUT2D eigenvalue weighted by atomic mass is 31.2. The van der Waals surface area contributed by atoms with E-state index in [4.69, 9.17) is 33.3 Å². The molecule has 0 radical (unpaired) electrons. The summed E-state index contributed by atoms with van der Waals surface area (Å²) in [5, 5.41) is 22.1. The summed E-state index contributed by atoms with van der Waals surface area (Å²) in [5.74, 6) is 0.0611. The van der Waals surface area contributed by atoms with Crippen molar-refractivity contribution >= 4 is 43.7 Å². The van der Waals surface area contributed by atoms with Crippen LogP contribution in [0.5, 0.6) is 0 Å². The van der Waals surface area contributed by atoms with E-state index in [0.29, 0.717) is 11.0 Å². The number of benzene rings is 1. The molecule has 1 aromatic carbocycles. The predicted molar refractivity (Wildman–Crippen MR) is 141 cm³/mol. The lowest BCUT2D eigenvalue weighted by Gasteiger charge is -2.26. The maximum absolute atomic E-state index is 13.2. The molecule has 3 aromatic heterocycles. The van der Waals surface area contributed by atoms with E-state index < -0.39 is 77.9 Å². The number of aliphatic hydroxyl groups is 2. The summed E-state index contributed by atoms with van der Waals surface area (Å²) in [5.41, 5.74) is 7.35. The van der Waals surface area contributed by atoms with Gasteiger partial charge in [-0.3, -0.25) is 22.7 Å². The quantitative estimate of drug-likeness (QED) is 0.180. The molecule has 7 rings (SSSR count). The summed E-state index contributed by atoms with van der Waals surface area (Å²) in [7, 11) is -9.96. The molecule has 0 spiro atoms. The van der Waals surface area contributed by atoms with Gasteiger partial charge in [0, 0.05) is 0 Å². The fraction of sp³-hybridized carbons (Fsp3) is 0.455. The van der Waals surface area contributed by atoms with E-state index >= 15 is 0 Å². The molecule has 19 nitrogen and oxygen atoms in total. The topological polar surface area (TPSA) is 258 Å². The summed E-state index contributed by atoms with van der Waals surface area (Å²) >= 11 is 0. The van der Waals surface area contributed by atoms with Crippen molar-refractivity contribution < 1.29 is 56.7 Å². The molecule has 2 bridgehead atoms. The Kier molecular flexibility index (Phi) is 7.13. The lowest BCUT2D eigenvalue weighted by Crippen LogP contribution is -2.36. The molecule has 0 amide bonds. The zero-order valence-corrected chi connectivity index (χ0v) is 23.6. The molecular weight excluding hydrogens is 616 g/mol. The summed E-state index contributed by atoms with van der Waals surface area (Å²) in [6, 6.07) is 6.94. The third kappa shape index (κ3) is 5.16. The Balaban J connectivity index is 1.20. The molecule has 3 saturated heterocycles. The SMILES string of the molecule is Nc1ncnc2c1ncn2[C@@H]1O[C@@H]2COP(=O)(O)OC3[C@@H](O)[C@@H](COP(=O)(O)OC2[C@@H]1O)O[C@H]3n1cnc2ccccc21. The Morgan fingerprint density at radius 2 is 1.49 bits per heavy atom. The molecule has 6 heterocycles. The molecule has 3 aliphatic rings. The Bertz CT molecular complexity index is 1770. The average Bonchev–Trinajstić information content (AvgIpc) is 3.72. The Labute approximate surface area is 240 Å². The minimum Gasteiger partial charge on any atom is -0.387 e. The lowest BCUT2D eigenvalue weighted by molar-refractivity contribution is -0.0671. The third-order valence-electron chi connectivity index (χ3n) is 7.35. The van der Waals surface area contributed by atoms with Crippen molar-refractivity contribution in [3.05, 3.63) is 43.2 Å². The normalized spacial score (nSPS) is 38.9. The first-order valence-corrected chi connectivity index (χ1v) is 15.8. The second-order valence-corrected chi connectivity index (χ2v) is 12.8. The van der Waals surface area contributed by atoms with Gasteiger partial charge >= 0.3 is 15.6 Å². The first kappa shape index (κ1) is 28.8. The molecule has 0 saturated carbocycles. The number of ether oxygens (including phenoxy) is 2. The van der Waals surface area contributed by atoms with Crippen LogP contribution in [-0.2, 0) is 36.7 Å². The van der Waals surface area contributed by atoms with Crippen LogP contribution >= 0.6 is 15.6 Å². The van der Waals surface area contributed by atoms with Gasteiger partial charge in [0.25, 0.3) is 0 Å². The van der Waals surface area contributed by atoms with Crippen LogP contribution < -0.4 is 5.73 Å². The van der Waals surface area contributed by atoms with Crippen LogP contribution in [0.2, 0.25) is 0 Å². The molecule has 3 fully saturated rings. The van der Waals surface area contributed by atoms with Gasteiger partial charge in [-0.1, -0.05) is 12.1 Å². The predicted octanol–water partition coefficient (Wildman–Crippen LogP) is -0.00700. The molecule has 43 heavy (non-hydrogen) atoms. The second-order valence-electron chi connectivity index (χ2n) is 10.0. The summed E-state index contributed by atoms with van der Waals surface area (Å²) in [6.45, 7) is -1.46. The molecule has 10 atom stereocenters. The number of hydrogen-bond donors (Lipinski definition) is 5. The molecule has 6 N–H and O–H groups in total. The molecule has 4 unspecified atom stereocenters. The Morgan fingerprint density at radius 3 is 2.28 bits per heavy atom. The fourth-order valence-electron chi connectivity index (χ4n) is 5.35. The van der Waals surface area contributed by atoms with Crippen LogP contribution in [0.15, 0.2) is 43.2 Å². The van der Waals surface area contributed by atoms with Crippen LogP contribution in [0, 0.1) is 0 Å². The maximum atomic E-state index is 13.2. The van der Waals surface area contributed by atoms with Crippen LogP contribution in [0.25, 0.3) is 22.2 Å². The van der Waals surface area contributed by atoms with Gasteiger partial charge in [0.05, 0.1) is 36.9 Å². The fourth-order valence-corrected chi connectivity index (χ4v) is 7.25. The van der Waals surface area contributed by atoms with Gasteiger partial charge in [-0.25, -0.2) is 29.1 Å². The first-order chi connectivity index (χ1) is 20.5. The Hall–Kier alpha value is -2.90. The molecule has 4 aromatic rings. The van der Waals surface area contributed by atoms with Crippen molar-refractivity contribution in [2.45, 2.75) is 49.1 Å². The summed E-state index contributed by atoms with van der Waals surface area (Å²) in [4.78, 5) is 37.6. The van der Waals surface area contributed by atoms with Gasteiger partial charge in [0.2, 0.25) is 0 Å². The van der Waals surface area contributed by atoms with Crippen molar-refractivity contribution in [2.75, 3.05) is 18.9 Å². The van der Waals surface area contributed by atoms with E-state index in [1.165, 1.54) is 28.1 Å². The van der Waals surface area contributed by atoms with Crippen molar-refractivity contribution in [1.82, 2.24) is 29.1 Å². The van der Waals surface area contributed by atoms with Crippen LogP contribution in [0.3, 0.4) is 0 Å². The first-order valence-electron chi connectivity index (χ1n) is 12.8. The number of rotatable bonds is 2. The van der Waals surface area contributed by atoms with Crippen molar-refractivity contribution in [3.8, 4) is 0 Å². The van der Waals surface area contributed by atoms with E-state index in [1.54, 1.807) is 24.3 Å². The van der Waals surface area contributed by atoms with Crippen molar-refractivity contribution in [3.63, 3.8) is 0 Å². The van der Waals surface area contributed by atoms with Gasteiger partial charge in [-0.15, -0.1) is 0 Å². The molecule has 230 valence electrons. The molecule has 0 aliphatic carbocycles. The van der Waals surface area contributed by atoms with Crippen LogP contribution in [-0.4, -0.2) is 98.9 Å². The smallest absolute Gasteiger partial charge is 0.387 e. The monoisotopic (exact) mass is 641 g/mol. The zero-order chi connectivity index (χ0) is 30.1. The summed E-state index contributed by atoms with van der Waals surface area (Å²) in [6.07, 6.45) is -7.85. The van der Waals surface area contributed by atoms with Crippen LogP contribution in [0.4, 0.5) is 5.82 Å². The second kappa shape index (κ2) is 10.6. The standard InChI is InChI=1S/C22H25N7O12P2/c23-19-14-20(25-7-24-19)29(9-27-14)21-16(31)17-13(39-21)6-37-43(34,35)41-18-15(30)12(5-36-42(32,33)40-17)38-22(18)28-8-26-10-3-1-2-4-11(10)28/h1-4,7-9,12-13,15-18,21-22,30-31H,5-6H2,(H,32,33)(H,34,35)(H2,23,24,25)/t12-,13-,15+,16+,17?,18?,21-,22-/m1/s1. The minimum atomic E-state index is -4.98. The third-order valence-corrected chi connectivity index (χ3v) is 9.32. The van der Waals surface area contributed by atoms with Gasteiger partial charge in [0.1, 0.15) is 48.5 Å². The number of imidazole rings is 2. The number of phosphoric ester groups is 2. The number of nitrogens with two attached hydrogens (primary N) is 1. The van der Waals surface area contributed by atoms with E-state index in [0.717, 1.165) is 0 Å². The molecule has 3 aliphatic heterocycles. The molecule has 21 heteroatoms. The Morgan fingerprint density at radius 1 is 0.814 bits per heavy atom. The minimum absolute atomic E-state index is 0.0611. The number of nitrogen functional groups attached to an aromatic ring is 1. The van der Waals surface area contributed by atoms with Crippen molar-refractivity contribution in [1.29, 1.82) is 0 Å². The van der Waals surface area contributed by atoms with Gasteiger partial charge in [-0.05, 0) is 12.1 Å². The highest BCUT2D eigenvalue weighted by Crippen LogP contribution is 2.53. The van der Waals surface area contributed by atoms with Gasteiger partial charge in [-0.2, -0.15) is 0 Å². The number of anilines is 1. The highest BCUT2D eigenvalue weighted by Gasteiger charge is 2.53. The van der Waals surface area contributed by atoms with E-state index in [-0.39, 0.29) is 17.0 Å². The number of aliphatic hydroxyl groups excluding tert-OH is 2. The van der Waals surface area contributed by atoms with E-state index in [2.05, 4.69) is 19.9 Å². The largest absolute Gasteiger partial charge is 0.472 e. The lowest BCUT2D eigenvalue weighted by atomic mass is 10.1. The number of nitrogens with zero attached hydrogens (tertiary/aromatic N) is 6. The molecular formula is C22H25N7O12P2. The van der Waals surface area contributed by atoms with Crippen molar-refractivity contribution in [2.24, 2.45) is 0 Å². The van der Waals surface area contributed by atoms with E-state index in [1.807, 2.05) is 0 Å². The van der Waals surface area contributed by atoms with E-state index in [9.17, 15) is 29.1 Å². The number of aromatic nitrogens is 6. The number of hydrogen-bond acceptors (Lipinski definition) is 15. The number of fused-ring (bicyclic) bond motifs is 5. The summed E-state index contributed by atoms with van der Waals surface area (Å²) < 4.78 is 61.8.